The molecule has 0 N–H and O–H groups in total. The summed E-state index contributed by atoms with van der Waals surface area (Å²) in [6, 6.07) is 16.7. The van der Waals surface area contributed by atoms with Gasteiger partial charge in [0.25, 0.3) is 0 Å². The van der Waals surface area contributed by atoms with Crippen molar-refractivity contribution in [1.82, 2.24) is 9.80 Å². The molecule has 3 aliphatic rings. The Balaban J connectivity index is 1.13. The zero-order valence-electron chi connectivity index (χ0n) is 17.8. The predicted molar refractivity (Wildman–Crippen MR) is 128 cm³/mol. The first kappa shape index (κ1) is 20.7. The van der Waals surface area contributed by atoms with Crippen LogP contribution in [0, 0.1) is 5.92 Å². The zero-order chi connectivity index (χ0) is 21.2. The number of ether oxygens (including phenoxy) is 1. The molecule has 1 fully saturated rings. The van der Waals surface area contributed by atoms with E-state index in [-0.39, 0.29) is 12.0 Å². The molecule has 3 aliphatic heterocycles. The Bertz CT molecular complexity index is 984. The van der Waals surface area contributed by atoms with Crippen molar-refractivity contribution in [3.8, 4) is 5.75 Å². The van der Waals surface area contributed by atoms with Crippen LogP contribution in [0.2, 0.25) is 0 Å². The molecular weight excluding hydrogens is 454 g/mol. The van der Waals surface area contributed by atoms with Gasteiger partial charge in [-0.1, -0.05) is 63.1 Å². The second-order valence-electron chi connectivity index (χ2n) is 8.66. The Labute approximate surface area is 192 Å². The van der Waals surface area contributed by atoms with Gasteiger partial charge in [-0.25, -0.2) is 0 Å². The lowest BCUT2D eigenvalue weighted by atomic mass is 9.90. The average molecular weight is 482 g/mol. The Hall–Kier alpha value is -2.15. The number of rotatable bonds is 5. The Kier molecular flexibility index (Phi) is 6.12. The van der Waals surface area contributed by atoms with Crippen LogP contribution in [-0.4, -0.2) is 67.5 Å². The standard InChI is InChI=1S/C25H28BrN3O2/c1-18(13-19-5-3-2-4-6-19)15-28-9-11-29(12-10-28)16-24-22-17-30-23-14-20(26)7-8-21(23)25(22)27-31-24/h2-8,13-14,22,24H,9-12,15-17H2,1H3/b18-13+. The number of hydrogen-bond donors (Lipinski definition) is 0. The minimum absolute atomic E-state index is 0.0676. The molecule has 6 heteroatoms. The van der Waals surface area contributed by atoms with Crippen molar-refractivity contribution < 1.29 is 9.57 Å². The maximum absolute atomic E-state index is 6.02. The second-order valence-corrected chi connectivity index (χ2v) is 9.57. The summed E-state index contributed by atoms with van der Waals surface area (Å²) >= 11 is 3.51. The lowest BCUT2D eigenvalue weighted by Gasteiger charge is -2.36. The van der Waals surface area contributed by atoms with Gasteiger partial charge in [-0.2, -0.15) is 0 Å². The normalized spacial score (nSPS) is 24.1. The number of nitrogens with zero attached hydrogens (tertiary/aromatic N) is 3. The molecule has 0 radical (unpaired) electrons. The van der Waals surface area contributed by atoms with Crippen molar-refractivity contribution in [2.75, 3.05) is 45.9 Å². The van der Waals surface area contributed by atoms with Gasteiger partial charge in [0.15, 0.2) is 6.10 Å². The second kappa shape index (κ2) is 9.15. The van der Waals surface area contributed by atoms with Gasteiger partial charge in [-0.05, 0) is 30.7 Å². The summed E-state index contributed by atoms with van der Waals surface area (Å²) in [4.78, 5) is 10.9. The minimum Gasteiger partial charge on any atom is -0.492 e. The van der Waals surface area contributed by atoms with Gasteiger partial charge in [0.2, 0.25) is 0 Å². The van der Waals surface area contributed by atoms with Crippen molar-refractivity contribution >= 4 is 27.7 Å². The molecule has 0 spiro atoms. The van der Waals surface area contributed by atoms with Crippen LogP contribution in [0.3, 0.4) is 0 Å². The van der Waals surface area contributed by atoms with Gasteiger partial charge in [-0.15, -0.1) is 0 Å². The molecule has 2 unspecified atom stereocenters. The lowest BCUT2D eigenvalue weighted by molar-refractivity contribution is 0.0101. The zero-order valence-corrected chi connectivity index (χ0v) is 19.4. The summed E-state index contributed by atoms with van der Waals surface area (Å²) in [7, 11) is 0. The number of fused-ring (bicyclic) bond motifs is 3. The number of piperazine rings is 1. The highest BCUT2D eigenvalue weighted by molar-refractivity contribution is 9.10. The third-order valence-electron chi connectivity index (χ3n) is 6.31. The molecule has 5 rings (SSSR count). The molecule has 0 amide bonds. The van der Waals surface area contributed by atoms with Gasteiger partial charge in [0.1, 0.15) is 18.1 Å². The van der Waals surface area contributed by atoms with E-state index in [1.807, 2.05) is 12.1 Å². The monoisotopic (exact) mass is 481 g/mol. The van der Waals surface area contributed by atoms with E-state index in [2.05, 4.69) is 80.3 Å². The van der Waals surface area contributed by atoms with Crippen LogP contribution in [0.1, 0.15) is 18.1 Å². The molecule has 0 saturated carbocycles. The van der Waals surface area contributed by atoms with Crippen molar-refractivity contribution in [1.29, 1.82) is 0 Å². The van der Waals surface area contributed by atoms with E-state index < -0.39 is 0 Å². The van der Waals surface area contributed by atoms with E-state index in [0.29, 0.717) is 6.61 Å². The summed E-state index contributed by atoms with van der Waals surface area (Å²) < 4.78 is 7.04. The molecule has 1 saturated heterocycles. The van der Waals surface area contributed by atoms with Crippen LogP contribution in [-0.2, 0) is 4.84 Å². The van der Waals surface area contributed by atoms with Crippen LogP contribution < -0.4 is 4.74 Å². The van der Waals surface area contributed by atoms with Gasteiger partial charge < -0.3 is 9.57 Å². The van der Waals surface area contributed by atoms with Crippen molar-refractivity contribution in [3.05, 3.63) is 69.7 Å². The first-order valence-electron chi connectivity index (χ1n) is 11.0. The first-order valence-corrected chi connectivity index (χ1v) is 11.8. The van der Waals surface area contributed by atoms with Gasteiger partial charge in [-0.3, -0.25) is 9.80 Å². The molecule has 3 heterocycles. The van der Waals surface area contributed by atoms with Crippen LogP contribution >= 0.6 is 15.9 Å². The highest BCUT2D eigenvalue weighted by Gasteiger charge is 2.40. The van der Waals surface area contributed by atoms with E-state index in [1.54, 1.807) is 0 Å². The molecule has 0 aromatic heterocycles. The van der Waals surface area contributed by atoms with E-state index in [1.165, 1.54) is 11.1 Å². The highest BCUT2D eigenvalue weighted by Crippen LogP contribution is 2.35. The average Bonchev–Trinajstić information content (AvgIpc) is 3.18. The Morgan fingerprint density at radius 3 is 2.68 bits per heavy atom. The fourth-order valence-corrected chi connectivity index (χ4v) is 5.00. The van der Waals surface area contributed by atoms with Crippen LogP contribution in [0.5, 0.6) is 5.75 Å². The van der Waals surface area contributed by atoms with Crippen molar-refractivity contribution in [2.45, 2.75) is 13.0 Å². The van der Waals surface area contributed by atoms with Crippen molar-refractivity contribution in [2.24, 2.45) is 11.1 Å². The molecule has 2 aromatic rings. The molecule has 162 valence electrons. The SMILES string of the molecule is C/C(=C\c1ccccc1)CN1CCN(CC2ON=C3c4ccc(Br)cc4OCC32)CC1. The molecule has 5 nitrogen and oxygen atoms in total. The fourth-order valence-electron chi connectivity index (χ4n) is 4.66. The third-order valence-corrected chi connectivity index (χ3v) is 6.81. The largest absolute Gasteiger partial charge is 0.492 e. The van der Waals surface area contributed by atoms with Crippen LogP contribution in [0.4, 0.5) is 0 Å². The Morgan fingerprint density at radius 1 is 1.10 bits per heavy atom. The van der Waals surface area contributed by atoms with E-state index >= 15 is 0 Å². The van der Waals surface area contributed by atoms with Crippen molar-refractivity contribution in [3.63, 3.8) is 0 Å². The fraction of sp³-hybridized carbons (Fsp3) is 0.400. The Morgan fingerprint density at radius 2 is 1.87 bits per heavy atom. The minimum atomic E-state index is 0.0676. The van der Waals surface area contributed by atoms with E-state index in [0.717, 1.165) is 60.8 Å². The summed E-state index contributed by atoms with van der Waals surface area (Å²) in [6.07, 6.45) is 2.36. The smallest absolute Gasteiger partial charge is 0.151 e. The lowest BCUT2D eigenvalue weighted by Crippen LogP contribution is -2.50. The maximum Gasteiger partial charge on any atom is 0.151 e. The molecule has 31 heavy (non-hydrogen) atoms. The summed E-state index contributed by atoms with van der Waals surface area (Å²) in [5.74, 6) is 1.10. The molecular formula is C25H28BrN3O2. The number of hydrogen-bond acceptors (Lipinski definition) is 5. The van der Waals surface area contributed by atoms with E-state index in [4.69, 9.17) is 9.57 Å². The predicted octanol–water partition coefficient (Wildman–Crippen LogP) is 4.28. The topological polar surface area (TPSA) is 37.3 Å². The summed E-state index contributed by atoms with van der Waals surface area (Å²) in [6.45, 7) is 9.07. The van der Waals surface area contributed by atoms with Crippen LogP contribution in [0.15, 0.2) is 63.7 Å². The molecule has 0 aliphatic carbocycles. The first-order chi connectivity index (χ1) is 15.2. The molecule has 2 atom stereocenters. The summed E-state index contributed by atoms with van der Waals surface area (Å²) in [5, 5.41) is 4.45. The molecule has 0 bridgehead atoms. The quantitative estimate of drug-likeness (QED) is 0.638. The summed E-state index contributed by atoms with van der Waals surface area (Å²) in [5.41, 5.74) is 4.78. The molecule has 2 aromatic carbocycles. The van der Waals surface area contributed by atoms with E-state index in [9.17, 15) is 0 Å². The maximum atomic E-state index is 6.02. The van der Waals surface area contributed by atoms with Gasteiger partial charge in [0.05, 0.1) is 5.92 Å². The number of benzene rings is 2. The van der Waals surface area contributed by atoms with Gasteiger partial charge in [0, 0.05) is 49.3 Å². The number of halogens is 1. The van der Waals surface area contributed by atoms with Gasteiger partial charge >= 0.3 is 0 Å². The third kappa shape index (κ3) is 4.71. The van der Waals surface area contributed by atoms with Crippen LogP contribution in [0.25, 0.3) is 6.08 Å². The number of oxime groups is 1. The highest BCUT2D eigenvalue weighted by atomic mass is 79.9.